The zero-order valence-corrected chi connectivity index (χ0v) is 33.0. The van der Waals surface area contributed by atoms with E-state index in [-0.39, 0.29) is 19.4 Å². The molecule has 0 aromatic rings. The summed E-state index contributed by atoms with van der Waals surface area (Å²) in [6.45, 7) is 2.26. The van der Waals surface area contributed by atoms with Crippen LogP contribution in [-0.4, -0.2) is 65.7 Å². The minimum absolute atomic E-state index is 0.00412. The van der Waals surface area contributed by atoms with Crippen LogP contribution < -0.4 is 0 Å². The van der Waals surface area contributed by atoms with Gasteiger partial charge in [0, 0.05) is 6.42 Å². The molecule has 3 atom stereocenters. The van der Waals surface area contributed by atoms with E-state index in [2.05, 4.69) is 42.7 Å². The van der Waals surface area contributed by atoms with Crippen LogP contribution in [-0.2, 0) is 32.7 Å². The highest BCUT2D eigenvalue weighted by atomic mass is 31.2. The predicted molar refractivity (Wildman–Crippen MR) is 205 cm³/mol. The quantitative estimate of drug-likeness (QED) is 0.0243. The third-order valence-corrected chi connectivity index (χ3v) is 9.25. The molecule has 0 fully saturated rings. The van der Waals surface area contributed by atoms with Crippen molar-refractivity contribution in [1.82, 2.24) is 0 Å². The molecule has 0 spiro atoms. The molecule has 0 aromatic carbocycles. The van der Waals surface area contributed by atoms with Crippen LogP contribution in [0, 0.1) is 0 Å². The lowest BCUT2D eigenvalue weighted by atomic mass is 10.1. The first kappa shape index (κ1) is 49.2. The molecule has 11 heteroatoms. The van der Waals surface area contributed by atoms with Gasteiger partial charge in [-0.2, -0.15) is 0 Å². The Labute approximate surface area is 310 Å². The SMILES string of the molecule is CCCCCC=CCC=CCCCCCCCC(=O)OCC(COP(=O)(O)OCC(O)CO)OC(=O)CC=CCCCCCCCCCCCC. The molecule has 51 heavy (non-hydrogen) atoms. The highest BCUT2D eigenvalue weighted by Crippen LogP contribution is 2.43. The van der Waals surface area contributed by atoms with Gasteiger partial charge in [0.05, 0.1) is 26.2 Å². The van der Waals surface area contributed by atoms with Crippen LogP contribution >= 0.6 is 7.82 Å². The molecule has 0 radical (unpaired) electrons. The van der Waals surface area contributed by atoms with Crippen LogP contribution in [0.2, 0.25) is 0 Å². The zero-order valence-electron chi connectivity index (χ0n) is 32.1. The minimum atomic E-state index is -4.63. The maximum absolute atomic E-state index is 12.5. The van der Waals surface area contributed by atoms with Gasteiger partial charge >= 0.3 is 19.8 Å². The molecule has 0 amide bonds. The van der Waals surface area contributed by atoms with Crippen molar-refractivity contribution in [3.8, 4) is 0 Å². The number of esters is 2. The van der Waals surface area contributed by atoms with E-state index in [9.17, 15) is 24.2 Å². The molecular weight excluding hydrogens is 671 g/mol. The summed E-state index contributed by atoms with van der Waals surface area (Å²) < 4.78 is 32.5. The second-order valence-electron chi connectivity index (χ2n) is 13.3. The van der Waals surface area contributed by atoms with E-state index in [4.69, 9.17) is 19.1 Å². The topological polar surface area (TPSA) is 149 Å². The number of allylic oxidation sites excluding steroid dienone is 5. The van der Waals surface area contributed by atoms with Gasteiger partial charge in [0.1, 0.15) is 12.7 Å². The van der Waals surface area contributed by atoms with Crippen molar-refractivity contribution in [2.45, 2.75) is 180 Å². The first-order chi connectivity index (χ1) is 24.7. The largest absolute Gasteiger partial charge is 0.472 e. The van der Waals surface area contributed by atoms with Gasteiger partial charge in [-0.25, -0.2) is 4.57 Å². The van der Waals surface area contributed by atoms with E-state index in [0.29, 0.717) is 6.42 Å². The summed E-state index contributed by atoms with van der Waals surface area (Å²) in [5.41, 5.74) is 0. The molecule has 10 nitrogen and oxygen atoms in total. The molecular formula is C40H73O10P. The van der Waals surface area contributed by atoms with Crippen molar-refractivity contribution in [3.05, 3.63) is 36.5 Å². The number of aliphatic hydroxyl groups is 2. The van der Waals surface area contributed by atoms with Crippen molar-refractivity contribution in [3.63, 3.8) is 0 Å². The summed E-state index contributed by atoms with van der Waals surface area (Å²) in [6, 6.07) is 0. The fourth-order valence-electron chi connectivity index (χ4n) is 5.18. The van der Waals surface area contributed by atoms with Crippen LogP contribution in [0.3, 0.4) is 0 Å². The van der Waals surface area contributed by atoms with Gasteiger partial charge in [-0.15, -0.1) is 0 Å². The Morgan fingerprint density at radius 3 is 1.65 bits per heavy atom. The normalized spacial score (nSPS) is 14.4. The first-order valence-electron chi connectivity index (χ1n) is 19.9. The van der Waals surface area contributed by atoms with E-state index in [1.807, 2.05) is 6.08 Å². The summed E-state index contributed by atoms with van der Waals surface area (Å²) in [5, 5.41) is 18.3. The van der Waals surface area contributed by atoms with Crippen LogP contribution in [0.25, 0.3) is 0 Å². The maximum Gasteiger partial charge on any atom is 0.472 e. The standard InChI is InChI=1S/C40H73O10P/c1-3-5-7-9-11-13-15-17-18-20-21-23-25-27-29-31-39(43)47-35-38(36-49-51(45,46)48-34-37(42)33-41)50-40(44)32-30-28-26-24-22-19-16-14-12-10-8-6-4-2/h11,13,17-18,28,30,37-38,41-42H,3-10,12,14-16,19-27,29,31-36H2,1-2H3,(H,45,46). The average molecular weight is 745 g/mol. The Bertz CT molecular complexity index is 952. The van der Waals surface area contributed by atoms with Gasteiger partial charge in [-0.05, 0) is 51.4 Å². The average Bonchev–Trinajstić information content (AvgIpc) is 3.12. The van der Waals surface area contributed by atoms with Crippen molar-refractivity contribution >= 4 is 19.8 Å². The van der Waals surface area contributed by atoms with Gasteiger partial charge in [0.15, 0.2) is 6.10 Å². The summed E-state index contributed by atoms with van der Waals surface area (Å²) in [4.78, 5) is 34.8. The number of unbranched alkanes of at least 4 members (excludes halogenated alkanes) is 18. The van der Waals surface area contributed by atoms with Gasteiger partial charge in [-0.3, -0.25) is 18.6 Å². The number of hydrogen-bond donors (Lipinski definition) is 3. The third kappa shape index (κ3) is 36.3. The lowest BCUT2D eigenvalue weighted by Gasteiger charge is -2.20. The molecule has 298 valence electrons. The molecule has 0 aromatic heterocycles. The Morgan fingerprint density at radius 1 is 0.608 bits per heavy atom. The second kappa shape index (κ2) is 36.5. The molecule has 0 aliphatic heterocycles. The van der Waals surface area contributed by atoms with Gasteiger partial charge in [0.2, 0.25) is 0 Å². The van der Waals surface area contributed by atoms with Crippen LogP contribution in [0.5, 0.6) is 0 Å². The highest BCUT2D eigenvalue weighted by Gasteiger charge is 2.27. The molecule has 0 aliphatic rings. The molecule has 3 N–H and O–H groups in total. The maximum atomic E-state index is 12.5. The summed E-state index contributed by atoms with van der Waals surface area (Å²) in [7, 11) is -4.63. The lowest BCUT2D eigenvalue weighted by Crippen LogP contribution is -2.29. The molecule has 0 saturated heterocycles. The zero-order chi connectivity index (χ0) is 37.7. The fraction of sp³-hybridized carbons (Fsp3) is 0.800. The Kier molecular flexibility index (Phi) is 35.2. The smallest absolute Gasteiger partial charge is 0.462 e. The molecule has 0 saturated carbocycles. The van der Waals surface area contributed by atoms with Crippen molar-refractivity contribution in [2.75, 3.05) is 26.4 Å². The fourth-order valence-corrected chi connectivity index (χ4v) is 5.97. The molecule has 0 rings (SSSR count). The number of rotatable bonds is 37. The molecule has 0 bridgehead atoms. The van der Waals surface area contributed by atoms with Crippen LogP contribution in [0.1, 0.15) is 168 Å². The number of hydrogen-bond acceptors (Lipinski definition) is 9. The third-order valence-electron chi connectivity index (χ3n) is 8.30. The Morgan fingerprint density at radius 2 is 1.08 bits per heavy atom. The van der Waals surface area contributed by atoms with Gasteiger partial charge in [0.25, 0.3) is 0 Å². The number of phosphoric acid groups is 1. The summed E-state index contributed by atoms with van der Waals surface area (Å²) in [6.07, 6.45) is 35.6. The van der Waals surface area contributed by atoms with Crippen LogP contribution in [0.15, 0.2) is 36.5 Å². The second-order valence-corrected chi connectivity index (χ2v) is 14.8. The molecule has 0 aliphatic carbocycles. The van der Waals surface area contributed by atoms with E-state index in [1.165, 1.54) is 70.6 Å². The number of phosphoric ester groups is 1. The lowest BCUT2D eigenvalue weighted by molar-refractivity contribution is -0.160. The summed E-state index contributed by atoms with van der Waals surface area (Å²) >= 11 is 0. The van der Waals surface area contributed by atoms with Crippen LogP contribution in [0.4, 0.5) is 0 Å². The number of ether oxygens (including phenoxy) is 2. The van der Waals surface area contributed by atoms with E-state index >= 15 is 0 Å². The van der Waals surface area contributed by atoms with Crippen molar-refractivity contribution in [1.29, 1.82) is 0 Å². The van der Waals surface area contributed by atoms with Gasteiger partial charge < -0.3 is 24.6 Å². The summed E-state index contributed by atoms with van der Waals surface area (Å²) in [5.74, 6) is -1.04. The minimum Gasteiger partial charge on any atom is -0.462 e. The van der Waals surface area contributed by atoms with E-state index in [0.717, 1.165) is 64.2 Å². The molecule has 0 heterocycles. The Hall–Kier alpha value is -1.81. The van der Waals surface area contributed by atoms with E-state index < -0.39 is 51.8 Å². The van der Waals surface area contributed by atoms with Crippen molar-refractivity contribution in [2.24, 2.45) is 0 Å². The van der Waals surface area contributed by atoms with Gasteiger partial charge in [-0.1, -0.05) is 140 Å². The molecule has 3 unspecified atom stereocenters. The predicted octanol–water partition coefficient (Wildman–Crippen LogP) is 10.00. The Balaban J connectivity index is 4.42. The monoisotopic (exact) mass is 744 g/mol. The van der Waals surface area contributed by atoms with Crippen molar-refractivity contribution < 1.29 is 47.8 Å². The highest BCUT2D eigenvalue weighted by molar-refractivity contribution is 7.47. The number of carbonyl (C=O) groups excluding carboxylic acids is 2. The number of aliphatic hydroxyl groups excluding tert-OH is 2. The van der Waals surface area contributed by atoms with E-state index in [1.54, 1.807) is 6.08 Å². The first-order valence-corrected chi connectivity index (χ1v) is 21.4. The number of carbonyl (C=O) groups is 2.